The van der Waals surface area contributed by atoms with Crippen LogP contribution in [0, 0.1) is 5.95 Å². The molecule has 72 valence electrons. The van der Waals surface area contributed by atoms with Crippen LogP contribution >= 0.6 is 0 Å². The molecule has 0 radical (unpaired) electrons. The zero-order valence-corrected chi connectivity index (χ0v) is 7.37. The maximum atomic E-state index is 12.7. The van der Waals surface area contributed by atoms with Gasteiger partial charge in [0.05, 0.1) is 6.20 Å². The van der Waals surface area contributed by atoms with Gasteiger partial charge in [-0.1, -0.05) is 0 Å². The van der Waals surface area contributed by atoms with Crippen molar-refractivity contribution in [1.29, 1.82) is 0 Å². The summed E-state index contributed by atoms with van der Waals surface area (Å²) >= 11 is 0. The van der Waals surface area contributed by atoms with E-state index in [0.29, 0.717) is 12.2 Å². The molecule has 0 aliphatic rings. The normalized spacial score (nSPS) is 10.1. The van der Waals surface area contributed by atoms with Crippen molar-refractivity contribution in [2.75, 3.05) is 5.32 Å². The van der Waals surface area contributed by atoms with Crippen molar-refractivity contribution in [2.45, 2.75) is 6.54 Å². The number of aromatic nitrogens is 3. The van der Waals surface area contributed by atoms with E-state index in [0.717, 1.165) is 5.56 Å². The van der Waals surface area contributed by atoms with Gasteiger partial charge < -0.3 is 5.32 Å². The monoisotopic (exact) mass is 192 g/mol. The average molecular weight is 192 g/mol. The van der Waals surface area contributed by atoms with E-state index in [9.17, 15) is 4.39 Å². The van der Waals surface area contributed by atoms with Crippen molar-refractivity contribution in [3.8, 4) is 0 Å². The van der Waals surface area contributed by atoms with Crippen molar-refractivity contribution < 1.29 is 4.39 Å². The van der Waals surface area contributed by atoms with Crippen molar-refractivity contribution in [2.24, 2.45) is 0 Å². The first-order valence-electron chi connectivity index (χ1n) is 4.18. The highest BCUT2D eigenvalue weighted by atomic mass is 19.1. The highest BCUT2D eigenvalue weighted by Gasteiger charge is 1.96. The van der Waals surface area contributed by atoms with Crippen LogP contribution in [-0.4, -0.2) is 15.2 Å². The molecule has 0 aliphatic carbocycles. The fourth-order valence-electron chi connectivity index (χ4n) is 1.09. The second-order valence-electron chi connectivity index (χ2n) is 2.83. The van der Waals surface area contributed by atoms with Crippen LogP contribution in [0.5, 0.6) is 0 Å². The second kappa shape index (κ2) is 3.87. The van der Waals surface area contributed by atoms with Crippen LogP contribution < -0.4 is 5.32 Å². The van der Waals surface area contributed by atoms with E-state index in [2.05, 4.69) is 20.5 Å². The molecule has 0 aromatic carbocycles. The number of nitrogens with one attached hydrogen (secondary N) is 2. The summed E-state index contributed by atoms with van der Waals surface area (Å²) in [7, 11) is 0. The van der Waals surface area contributed by atoms with Crippen molar-refractivity contribution in [1.82, 2.24) is 15.2 Å². The minimum atomic E-state index is -0.484. The summed E-state index contributed by atoms with van der Waals surface area (Å²) in [6.45, 7) is 0.611. The third-order valence-electron chi connectivity index (χ3n) is 1.78. The molecular weight excluding hydrogens is 183 g/mol. The molecule has 0 bridgehead atoms. The smallest absolute Gasteiger partial charge is 0.214 e. The molecule has 0 saturated carbocycles. The van der Waals surface area contributed by atoms with Gasteiger partial charge in [-0.25, -0.2) is 4.98 Å². The van der Waals surface area contributed by atoms with E-state index >= 15 is 0 Å². The predicted molar refractivity (Wildman–Crippen MR) is 50.1 cm³/mol. The summed E-state index contributed by atoms with van der Waals surface area (Å²) < 4.78 is 12.7. The lowest BCUT2D eigenvalue weighted by Crippen LogP contribution is -1.98. The van der Waals surface area contributed by atoms with E-state index in [1.807, 2.05) is 0 Å². The highest BCUT2D eigenvalue weighted by molar-refractivity contribution is 5.41. The Bertz CT molecular complexity index is 399. The fourth-order valence-corrected chi connectivity index (χ4v) is 1.09. The Hall–Kier alpha value is -1.91. The molecule has 0 aliphatic heterocycles. The number of rotatable bonds is 3. The van der Waals surface area contributed by atoms with Gasteiger partial charge in [-0.3, -0.25) is 5.10 Å². The largest absolute Gasteiger partial charge is 0.381 e. The van der Waals surface area contributed by atoms with Gasteiger partial charge in [-0.05, 0) is 6.07 Å². The van der Waals surface area contributed by atoms with Crippen molar-refractivity contribution >= 4 is 5.69 Å². The standard InChI is InChI=1S/C9H9FN4/c10-9-3-8(1-2-11-9)12-4-7-5-13-14-6-7/h1-3,5-6H,4H2,(H,11,12)(H,13,14). The SMILES string of the molecule is Fc1cc(NCc2cn[nH]c2)ccn1. The van der Waals surface area contributed by atoms with Crippen LogP contribution in [0.3, 0.4) is 0 Å². The molecule has 0 saturated heterocycles. The highest BCUT2D eigenvalue weighted by Crippen LogP contribution is 2.08. The van der Waals surface area contributed by atoms with E-state index in [1.165, 1.54) is 12.3 Å². The maximum absolute atomic E-state index is 12.7. The van der Waals surface area contributed by atoms with Gasteiger partial charge in [-0.2, -0.15) is 9.49 Å². The molecule has 0 unspecified atom stereocenters. The lowest BCUT2D eigenvalue weighted by molar-refractivity contribution is 0.584. The van der Waals surface area contributed by atoms with E-state index in [-0.39, 0.29) is 0 Å². The average Bonchev–Trinajstić information content (AvgIpc) is 2.67. The molecule has 0 spiro atoms. The predicted octanol–water partition coefficient (Wildman–Crippen LogP) is 1.56. The number of hydrogen-bond acceptors (Lipinski definition) is 3. The van der Waals surface area contributed by atoms with E-state index in [4.69, 9.17) is 0 Å². The molecule has 2 aromatic heterocycles. The van der Waals surface area contributed by atoms with Gasteiger partial charge in [0.1, 0.15) is 0 Å². The third-order valence-corrected chi connectivity index (χ3v) is 1.78. The van der Waals surface area contributed by atoms with E-state index < -0.39 is 5.95 Å². The quantitative estimate of drug-likeness (QED) is 0.725. The lowest BCUT2D eigenvalue weighted by Gasteiger charge is -2.03. The zero-order valence-electron chi connectivity index (χ0n) is 7.37. The molecule has 0 atom stereocenters. The fraction of sp³-hybridized carbons (Fsp3) is 0.111. The Kier molecular flexibility index (Phi) is 2.40. The molecule has 2 aromatic rings. The molecule has 0 amide bonds. The van der Waals surface area contributed by atoms with Crippen LogP contribution in [0.25, 0.3) is 0 Å². The summed E-state index contributed by atoms with van der Waals surface area (Å²) in [4.78, 5) is 3.46. The minimum Gasteiger partial charge on any atom is -0.381 e. The van der Waals surface area contributed by atoms with E-state index in [1.54, 1.807) is 18.5 Å². The number of aromatic amines is 1. The Labute approximate surface area is 80.2 Å². The number of pyridine rings is 1. The molecule has 5 heteroatoms. The second-order valence-corrected chi connectivity index (χ2v) is 2.83. The Morgan fingerprint density at radius 1 is 1.50 bits per heavy atom. The number of nitrogens with zero attached hydrogens (tertiary/aromatic N) is 2. The Morgan fingerprint density at radius 2 is 2.43 bits per heavy atom. The third kappa shape index (κ3) is 2.07. The summed E-state index contributed by atoms with van der Waals surface area (Å²) in [5.41, 5.74) is 1.72. The van der Waals surface area contributed by atoms with Gasteiger partial charge in [0.15, 0.2) is 0 Å². The maximum Gasteiger partial charge on any atom is 0.214 e. The van der Waals surface area contributed by atoms with Gasteiger partial charge in [-0.15, -0.1) is 0 Å². The van der Waals surface area contributed by atoms with Crippen molar-refractivity contribution in [3.63, 3.8) is 0 Å². The topological polar surface area (TPSA) is 53.6 Å². The Balaban J connectivity index is 1.98. The minimum absolute atomic E-state index is 0.484. The van der Waals surface area contributed by atoms with Crippen molar-refractivity contribution in [3.05, 3.63) is 42.2 Å². The summed E-state index contributed by atoms with van der Waals surface area (Å²) in [5.74, 6) is -0.484. The molecule has 14 heavy (non-hydrogen) atoms. The van der Waals surface area contributed by atoms with Crippen LogP contribution in [0.1, 0.15) is 5.56 Å². The molecule has 4 nitrogen and oxygen atoms in total. The van der Waals surface area contributed by atoms with Gasteiger partial charge in [0, 0.05) is 36.3 Å². The summed E-state index contributed by atoms with van der Waals surface area (Å²) in [6, 6.07) is 3.06. The summed E-state index contributed by atoms with van der Waals surface area (Å²) in [5, 5.41) is 9.55. The van der Waals surface area contributed by atoms with Crippen LogP contribution in [-0.2, 0) is 6.54 Å². The van der Waals surface area contributed by atoms with Gasteiger partial charge in [0.2, 0.25) is 5.95 Å². The molecule has 0 fully saturated rings. The molecular formula is C9H9FN4. The molecule has 2 rings (SSSR count). The Morgan fingerprint density at radius 3 is 3.14 bits per heavy atom. The van der Waals surface area contributed by atoms with Gasteiger partial charge >= 0.3 is 0 Å². The number of anilines is 1. The lowest BCUT2D eigenvalue weighted by atomic mass is 10.3. The summed E-state index contributed by atoms with van der Waals surface area (Å²) in [6.07, 6.45) is 4.92. The van der Waals surface area contributed by atoms with Gasteiger partial charge in [0.25, 0.3) is 0 Å². The number of halogens is 1. The number of hydrogen-bond donors (Lipinski definition) is 2. The molecule has 2 N–H and O–H groups in total. The van der Waals surface area contributed by atoms with Crippen LogP contribution in [0.2, 0.25) is 0 Å². The first-order chi connectivity index (χ1) is 6.84. The first kappa shape index (κ1) is 8.68. The first-order valence-corrected chi connectivity index (χ1v) is 4.18. The van der Waals surface area contributed by atoms with Crippen LogP contribution in [0.15, 0.2) is 30.7 Å². The zero-order chi connectivity index (χ0) is 9.80. The van der Waals surface area contributed by atoms with Crippen LogP contribution in [0.4, 0.5) is 10.1 Å². The number of H-pyrrole nitrogens is 1. The molecule has 2 heterocycles.